The second kappa shape index (κ2) is 7.01. The van der Waals surface area contributed by atoms with Crippen molar-refractivity contribution in [2.75, 3.05) is 26.6 Å². The molecule has 0 radical (unpaired) electrons. The second-order valence-electron chi connectivity index (χ2n) is 3.34. The van der Waals surface area contributed by atoms with E-state index in [0.29, 0.717) is 29.5 Å². The number of nitrogens with one attached hydrogen (secondary N) is 1. The molecule has 0 heterocycles. The Morgan fingerprint density at radius 1 is 1.35 bits per heavy atom. The maximum Gasteiger partial charge on any atom is 0.255 e. The van der Waals surface area contributed by atoms with Crippen molar-refractivity contribution >= 4 is 17.5 Å². The minimum Gasteiger partial charge on any atom is -0.493 e. The number of carbonyl (C=O) groups is 1. The zero-order valence-electron chi connectivity index (χ0n) is 9.96. The Kier molecular flexibility index (Phi) is 5.63. The highest BCUT2D eigenvalue weighted by Gasteiger charge is 2.15. The predicted molar refractivity (Wildman–Crippen MR) is 67.2 cm³/mol. The first kappa shape index (κ1) is 13.6. The number of carbonyl (C=O) groups excluding carboxylic acids is 1. The zero-order valence-corrected chi connectivity index (χ0v) is 10.7. The molecule has 1 aromatic carbocycles. The van der Waals surface area contributed by atoms with E-state index < -0.39 is 0 Å². The molecule has 5 heteroatoms. The molecule has 0 aromatic heterocycles. The number of methoxy groups -OCH3 is 2. The molecule has 94 valence electrons. The summed E-state index contributed by atoms with van der Waals surface area (Å²) < 4.78 is 10.3. The first-order valence-corrected chi connectivity index (χ1v) is 5.83. The van der Waals surface area contributed by atoms with Crippen LogP contribution >= 0.6 is 11.6 Å². The summed E-state index contributed by atoms with van der Waals surface area (Å²) in [5, 5.41) is 2.77. The molecular weight excluding hydrogens is 242 g/mol. The number of hydrogen-bond donors (Lipinski definition) is 1. The molecule has 4 nitrogen and oxygen atoms in total. The van der Waals surface area contributed by atoms with Gasteiger partial charge in [0.2, 0.25) is 0 Å². The van der Waals surface area contributed by atoms with E-state index in [-0.39, 0.29) is 5.91 Å². The molecule has 0 saturated heterocycles. The van der Waals surface area contributed by atoms with E-state index in [1.165, 1.54) is 14.2 Å². The van der Waals surface area contributed by atoms with E-state index >= 15 is 0 Å². The van der Waals surface area contributed by atoms with Crippen LogP contribution in [0.1, 0.15) is 16.8 Å². The number of rotatable bonds is 6. The monoisotopic (exact) mass is 257 g/mol. The molecule has 0 aliphatic rings. The third-order valence-corrected chi connectivity index (χ3v) is 2.51. The molecule has 1 aromatic rings. The Hall–Kier alpha value is -1.42. The van der Waals surface area contributed by atoms with Gasteiger partial charge in [0, 0.05) is 12.4 Å². The highest BCUT2D eigenvalue weighted by Crippen LogP contribution is 2.30. The quantitative estimate of drug-likeness (QED) is 0.627. The lowest BCUT2D eigenvalue weighted by Crippen LogP contribution is -2.25. The van der Waals surface area contributed by atoms with E-state index in [0.717, 1.165) is 6.42 Å². The summed E-state index contributed by atoms with van der Waals surface area (Å²) in [7, 11) is 3.04. The van der Waals surface area contributed by atoms with Crippen molar-refractivity contribution in [3.05, 3.63) is 23.8 Å². The summed E-state index contributed by atoms with van der Waals surface area (Å²) in [5.41, 5.74) is 0.460. The summed E-state index contributed by atoms with van der Waals surface area (Å²) in [6.07, 6.45) is 0.736. The van der Waals surface area contributed by atoms with Crippen LogP contribution < -0.4 is 14.8 Å². The van der Waals surface area contributed by atoms with Crippen molar-refractivity contribution < 1.29 is 14.3 Å². The molecule has 0 fully saturated rings. The van der Waals surface area contributed by atoms with E-state index in [2.05, 4.69) is 5.32 Å². The van der Waals surface area contributed by atoms with Crippen LogP contribution in [0.25, 0.3) is 0 Å². The highest BCUT2D eigenvalue weighted by molar-refractivity contribution is 6.17. The van der Waals surface area contributed by atoms with Crippen LogP contribution in [0.5, 0.6) is 11.5 Å². The average Bonchev–Trinajstić information content (AvgIpc) is 2.37. The average molecular weight is 258 g/mol. The molecule has 0 atom stereocenters. The predicted octanol–water partition coefficient (Wildman–Crippen LogP) is 2.06. The van der Waals surface area contributed by atoms with Gasteiger partial charge in [0.15, 0.2) is 11.5 Å². The van der Waals surface area contributed by atoms with Gasteiger partial charge in [-0.2, -0.15) is 0 Å². The Morgan fingerprint density at radius 2 is 2.12 bits per heavy atom. The molecule has 1 amide bonds. The van der Waals surface area contributed by atoms with E-state index in [4.69, 9.17) is 21.1 Å². The Bertz CT molecular complexity index is 382. The third kappa shape index (κ3) is 3.53. The van der Waals surface area contributed by atoms with Gasteiger partial charge in [-0.3, -0.25) is 4.79 Å². The highest BCUT2D eigenvalue weighted by atomic mass is 35.5. The number of amides is 1. The number of halogens is 1. The van der Waals surface area contributed by atoms with Gasteiger partial charge in [-0.05, 0) is 18.6 Å². The summed E-state index contributed by atoms with van der Waals surface area (Å²) in [4.78, 5) is 11.9. The van der Waals surface area contributed by atoms with Crippen molar-refractivity contribution in [2.45, 2.75) is 6.42 Å². The lowest BCUT2D eigenvalue weighted by Gasteiger charge is -2.12. The fraction of sp³-hybridized carbons (Fsp3) is 0.417. The number of hydrogen-bond acceptors (Lipinski definition) is 3. The van der Waals surface area contributed by atoms with Gasteiger partial charge in [-0.15, -0.1) is 11.6 Å². The molecule has 0 unspecified atom stereocenters. The Labute approximate surface area is 106 Å². The first-order valence-electron chi connectivity index (χ1n) is 5.29. The molecule has 0 aliphatic heterocycles. The summed E-state index contributed by atoms with van der Waals surface area (Å²) in [5.74, 6) is 1.32. The second-order valence-corrected chi connectivity index (χ2v) is 3.72. The molecule has 0 bridgehead atoms. The fourth-order valence-corrected chi connectivity index (χ4v) is 1.56. The largest absolute Gasteiger partial charge is 0.493 e. The molecular formula is C12H16ClNO3. The minimum atomic E-state index is -0.189. The summed E-state index contributed by atoms with van der Waals surface area (Å²) in [6, 6.07) is 5.18. The van der Waals surface area contributed by atoms with Crippen LogP contribution in [0, 0.1) is 0 Å². The van der Waals surface area contributed by atoms with Crippen molar-refractivity contribution in [1.82, 2.24) is 5.32 Å². The molecule has 17 heavy (non-hydrogen) atoms. The SMILES string of the molecule is COc1cccc(C(=O)NCCCCl)c1OC. The third-order valence-electron chi connectivity index (χ3n) is 2.24. The van der Waals surface area contributed by atoms with Crippen LogP contribution in [0.4, 0.5) is 0 Å². The van der Waals surface area contributed by atoms with Gasteiger partial charge < -0.3 is 14.8 Å². The van der Waals surface area contributed by atoms with E-state index in [1.807, 2.05) is 0 Å². The van der Waals surface area contributed by atoms with E-state index in [9.17, 15) is 4.79 Å². The zero-order chi connectivity index (χ0) is 12.7. The summed E-state index contributed by atoms with van der Waals surface area (Å²) in [6.45, 7) is 0.544. The number of para-hydroxylation sites is 1. The minimum absolute atomic E-state index is 0.189. The first-order chi connectivity index (χ1) is 8.24. The van der Waals surface area contributed by atoms with Gasteiger partial charge in [-0.1, -0.05) is 6.07 Å². The van der Waals surface area contributed by atoms with Gasteiger partial charge in [0.05, 0.1) is 19.8 Å². The van der Waals surface area contributed by atoms with Crippen molar-refractivity contribution in [3.63, 3.8) is 0 Å². The van der Waals surface area contributed by atoms with Gasteiger partial charge in [-0.25, -0.2) is 0 Å². The molecule has 0 spiro atoms. The Morgan fingerprint density at radius 3 is 2.71 bits per heavy atom. The fourth-order valence-electron chi connectivity index (χ4n) is 1.43. The topological polar surface area (TPSA) is 47.6 Å². The number of alkyl halides is 1. The number of ether oxygens (including phenoxy) is 2. The molecule has 0 aliphatic carbocycles. The standard InChI is InChI=1S/C12H16ClNO3/c1-16-10-6-3-5-9(11(10)17-2)12(15)14-8-4-7-13/h3,5-6H,4,7-8H2,1-2H3,(H,14,15). The lowest BCUT2D eigenvalue weighted by molar-refractivity contribution is 0.0950. The Balaban J connectivity index is 2.85. The van der Waals surface area contributed by atoms with Gasteiger partial charge in [0.1, 0.15) is 0 Å². The number of benzene rings is 1. The molecule has 1 N–H and O–H groups in total. The lowest BCUT2D eigenvalue weighted by atomic mass is 10.1. The van der Waals surface area contributed by atoms with Crippen LogP contribution in [-0.4, -0.2) is 32.6 Å². The van der Waals surface area contributed by atoms with Gasteiger partial charge >= 0.3 is 0 Å². The van der Waals surface area contributed by atoms with Crippen molar-refractivity contribution in [3.8, 4) is 11.5 Å². The van der Waals surface area contributed by atoms with E-state index in [1.54, 1.807) is 18.2 Å². The van der Waals surface area contributed by atoms with Crippen molar-refractivity contribution in [2.24, 2.45) is 0 Å². The molecule has 0 saturated carbocycles. The maximum atomic E-state index is 11.9. The van der Waals surface area contributed by atoms with Crippen molar-refractivity contribution in [1.29, 1.82) is 0 Å². The van der Waals surface area contributed by atoms with Crippen LogP contribution in [0.2, 0.25) is 0 Å². The van der Waals surface area contributed by atoms with Crippen LogP contribution in [0.15, 0.2) is 18.2 Å². The van der Waals surface area contributed by atoms with Crippen LogP contribution in [0.3, 0.4) is 0 Å². The summed E-state index contributed by atoms with van der Waals surface area (Å²) >= 11 is 5.54. The normalized spacial score (nSPS) is 9.82. The maximum absolute atomic E-state index is 11.9. The van der Waals surface area contributed by atoms with Crippen LogP contribution in [-0.2, 0) is 0 Å². The smallest absolute Gasteiger partial charge is 0.255 e. The van der Waals surface area contributed by atoms with Gasteiger partial charge in [0.25, 0.3) is 5.91 Å². The molecule has 1 rings (SSSR count).